The number of nitrogens with zero attached hydrogens (tertiary/aromatic N) is 2. The summed E-state index contributed by atoms with van der Waals surface area (Å²) in [5, 5.41) is 7.76. The molecule has 2 aromatic heterocycles. The molecule has 0 saturated carbocycles. The van der Waals surface area contributed by atoms with Gasteiger partial charge in [-0.2, -0.15) is 0 Å². The van der Waals surface area contributed by atoms with Gasteiger partial charge in [0.05, 0.1) is 0 Å². The van der Waals surface area contributed by atoms with E-state index in [1.165, 1.54) is 57.3 Å². The molecule has 0 spiro atoms. The molecule has 0 fully saturated rings. The summed E-state index contributed by atoms with van der Waals surface area (Å²) in [6.07, 6.45) is 12.0. The van der Waals surface area contributed by atoms with Crippen molar-refractivity contribution in [2.75, 3.05) is 0 Å². The fourth-order valence-corrected chi connectivity index (χ4v) is 6.25. The molecule has 0 bridgehead atoms. The average molecular weight is 531 g/mol. The molecule has 7 rings (SSSR count). The van der Waals surface area contributed by atoms with Gasteiger partial charge in [-0.1, -0.05) is 82.7 Å². The number of benzene rings is 4. The Bertz CT molecular complexity index is 1590. The Morgan fingerprint density at radius 2 is 1.44 bits per heavy atom. The molecule has 0 aliphatic heterocycles. The van der Waals surface area contributed by atoms with E-state index in [9.17, 15) is 0 Å². The molecule has 1 aliphatic rings. The van der Waals surface area contributed by atoms with Crippen LogP contribution in [0.25, 0.3) is 32.3 Å². The molecule has 1 aliphatic carbocycles. The Labute approximate surface area is 220 Å². The van der Waals surface area contributed by atoms with Crippen molar-refractivity contribution >= 4 is 48.2 Å². The van der Waals surface area contributed by atoms with Crippen LogP contribution in [0, 0.1) is 5.92 Å². The molecule has 0 radical (unpaired) electrons. The van der Waals surface area contributed by atoms with Crippen LogP contribution in [0.1, 0.15) is 23.1 Å². The number of aromatic nitrogens is 2. The third-order valence-corrected chi connectivity index (χ3v) is 7.93. The van der Waals surface area contributed by atoms with Gasteiger partial charge in [0.25, 0.3) is 0 Å². The van der Waals surface area contributed by atoms with Crippen molar-refractivity contribution in [2.24, 2.45) is 5.92 Å². The van der Waals surface area contributed by atoms with Crippen molar-refractivity contribution in [3.8, 4) is 0 Å². The van der Waals surface area contributed by atoms with Gasteiger partial charge >= 0.3 is 0 Å². The van der Waals surface area contributed by atoms with E-state index in [-0.39, 0.29) is 0 Å². The number of halogens is 1. The minimum atomic E-state index is 0.751. The van der Waals surface area contributed by atoms with E-state index >= 15 is 0 Å². The molecule has 0 N–H and O–H groups in total. The summed E-state index contributed by atoms with van der Waals surface area (Å²) in [6.45, 7) is 0. The molecule has 176 valence electrons. The average Bonchev–Trinajstić information content (AvgIpc) is 2.94. The third kappa shape index (κ3) is 4.64. The normalized spacial score (nSPS) is 14.9. The van der Waals surface area contributed by atoms with E-state index in [4.69, 9.17) is 0 Å². The van der Waals surface area contributed by atoms with Crippen LogP contribution in [0.4, 0.5) is 0 Å². The molecule has 6 aromatic rings. The fraction of sp³-hybridized carbons (Fsp3) is 0.152. The Morgan fingerprint density at radius 3 is 2.22 bits per heavy atom. The van der Waals surface area contributed by atoms with Gasteiger partial charge in [-0.3, -0.25) is 9.97 Å². The minimum Gasteiger partial charge on any atom is -0.264 e. The fourth-order valence-electron chi connectivity index (χ4n) is 5.55. The second kappa shape index (κ2) is 10.2. The van der Waals surface area contributed by atoms with E-state index in [0.717, 1.165) is 16.7 Å². The van der Waals surface area contributed by atoms with Crippen LogP contribution in [-0.2, 0) is 19.3 Å². The van der Waals surface area contributed by atoms with E-state index in [0.29, 0.717) is 0 Å². The predicted molar refractivity (Wildman–Crippen MR) is 154 cm³/mol. The quantitative estimate of drug-likeness (QED) is 0.209. The third-order valence-electron chi connectivity index (χ3n) is 7.30. The lowest BCUT2D eigenvalue weighted by Gasteiger charge is -2.26. The van der Waals surface area contributed by atoms with Crippen molar-refractivity contribution in [3.05, 3.63) is 131 Å². The van der Waals surface area contributed by atoms with Crippen LogP contribution in [0.3, 0.4) is 0 Å². The minimum absolute atomic E-state index is 0.751. The summed E-state index contributed by atoms with van der Waals surface area (Å²) in [6, 6.07) is 30.6. The molecule has 3 heteroatoms. The van der Waals surface area contributed by atoms with Gasteiger partial charge in [0.2, 0.25) is 0 Å². The van der Waals surface area contributed by atoms with Crippen LogP contribution in [0.15, 0.2) is 114 Å². The summed E-state index contributed by atoms with van der Waals surface area (Å²) < 4.78 is 1.24. The molecular formula is C33H27BrN2. The SMILES string of the molecule is Brc1cc2ccccc2c2ccc3c(c12)CCC(Cc1ccccc1)C3.c1cc2cnccc2cn1. The highest BCUT2D eigenvalue weighted by Gasteiger charge is 2.22. The number of hydrogen-bond donors (Lipinski definition) is 0. The molecule has 36 heavy (non-hydrogen) atoms. The van der Waals surface area contributed by atoms with Crippen molar-refractivity contribution in [2.45, 2.75) is 25.7 Å². The first kappa shape index (κ1) is 22.9. The molecule has 2 nitrogen and oxygen atoms in total. The van der Waals surface area contributed by atoms with E-state index in [1.54, 1.807) is 23.5 Å². The Kier molecular flexibility index (Phi) is 6.48. The largest absolute Gasteiger partial charge is 0.264 e. The van der Waals surface area contributed by atoms with Crippen molar-refractivity contribution < 1.29 is 0 Å². The van der Waals surface area contributed by atoms with Gasteiger partial charge in [-0.25, -0.2) is 0 Å². The van der Waals surface area contributed by atoms with Gasteiger partial charge < -0.3 is 0 Å². The van der Waals surface area contributed by atoms with E-state index < -0.39 is 0 Å². The topological polar surface area (TPSA) is 25.8 Å². The number of aryl methyl sites for hydroxylation is 1. The zero-order chi connectivity index (χ0) is 24.3. The summed E-state index contributed by atoms with van der Waals surface area (Å²) in [5.41, 5.74) is 4.57. The molecule has 0 amide bonds. The van der Waals surface area contributed by atoms with Crippen molar-refractivity contribution in [1.82, 2.24) is 9.97 Å². The van der Waals surface area contributed by atoms with Crippen LogP contribution < -0.4 is 0 Å². The van der Waals surface area contributed by atoms with Gasteiger partial charge in [0.1, 0.15) is 0 Å². The lowest BCUT2D eigenvalue weighted by Crippen LogP contribution is -2.17. The van der Waals surface area contributed by atoms with E-state index in [1.807, 2.05) is 24.5 Å². The van der Waals surface area contributed by atoms with Crippen LogP contribution >= 0.6 is 15.9 Å². The van der Waals surface area contributed by atoms with E-state index in [2.05, 4.69) is 98.7 Å². The molecular weight excluding hydrogens is 504 g/mol. The maximum atomic E-state index is 3.99. The molecule has 4 aromatic carbocycles. The Balaban J connectivity index is 0.000000200. The molecule has 2 heterocycles. The van der Waals surface area contributed by atoms with Crippen LogP contribution in [0.5, 0.6) is 0 Å². The van der Waals surface area contributed by atoms with Crippen molar-refractivity contribution in [3.63, 3.8) is 0 Å². The Hall–Kier alpha value is -3.56. The highest BCUT2D eigenvalue weighted by molar-refractivity contribution is 9.10. The number of pyridine rings is 2. The zero-order valence-corrected chi connectivity index (χ0v) is 21.7. The molecule has 1 atom stereocenters. The van der Waals surface area contributed by atoms with Gasteiger partial charge in [-0.15, -0.1) is 0 Å². The first-order chi connectivity index (χ1) is 17.8. The van der Waals surface area contributed by atoms with Crippen molar-refractivity contribution in [1.29, 1.82) is 0 Å². The summed E-state index contributed by atoms with van der Waals surface area (Å²) >= 11 is 3.87. The molecule has 1 unspecified atom stereocenters. The molecule has 0 saturated heterocycles. The first-order valence-electron chi connectivity index (χ1n) is 12.6. The number of rotatable bonds is 2. The standard InChI is InChI=1S/C25H21Br.C8H6N2/c26-24-16-19-8-4-5-9-21(19)23-13-11-20-15-18(10-12-22(20)25(23)24)14-17-6-2-1-3-7-17;1-3-9-6-8-2-4-10-5-7(1)8/h1-9,11,13,16,18H,10,12,14-15H2;1-6H. The van der Waals surface area contributed by atoms with Gasteiger partial charge in [0.15, 0.2) is 0 Å². The van der Waals surface area contributed by atoms with Crippen LogP contribution in [-0.4, -0.2) is 9.97 Å². The maximum Gasteiger partial charge on any atom is 0.0347 e. The predicted octanol–water partition coefficient (Wildman–Crippen LogP) is 8.73. The highest BCUT2D eigenvalue weighted by Crippen LogP contribution is 2.39. The number of hydrogen-bond acceptors (Lipinski definition) is 2. The zero-order valence-electron chi connectivity index (χ0n) is 20.1. The second-order valence-corrected chi connectivity index (χ2v) is 10.5. The van der Waals surface area contributed by atoms with Gasteiger partial charge in [0, 0.05) is 40.0 Å². The lowest BCUT2D eigenvalue weighted by molar-refractivity contribution is 0.457. The smallest absolute Gasteiger partial charge is 0.0347 e. The Morgan fingerprint density at radius 1 is 0.722 bits per heavy atom. The number of fused-ring (bicyclic) bond motifs is 6. The highest BCUT2D eigenvalue weighted by atomic mass is 79.9. The summed E-state index contributed by atoms with van der Waals surface area (Å²) in [7, 11) is 0. The maximum absolute atomic E-state index is 3.99. The van der Waals surface area contributed by atoms with Gasteiger partial charge in [-0.05, 0) is 88.0 Å². The van der Waals surface area contributed by atoms with Crippen LogP contribution in [0.2, 0.25) is 0 Å². The summed E-state index contributed by atoms with van der Waals surface area (Å²) in [4.78, 5) is 7.97. The summed E-state index contributed by atoms with van der Waals surface area (Å²) in [5.74, 6) is 0.751. The first-order valence-corrected chi connectivity index (χ1v) is 13.3. The monoisotopic (exact) mass is 530 g/mol. The lowest BCUT2D eigenvalue weighted by atomic mass is 9.79. The second-order valence-electron chi connectivity index (χ2n) is 9.60.